The maximum atomic E-state index is 13.1. The van der Waals surface area contributed by atoms with Crippen LogP contribution in [0.1, 0.15) is 37.5 Å². The Hall–Kier alpha value is -2.10. The minimum absolute atomic E-state index is 0.0522. The first kappa shape index (κ1) is 16.3. The Labute approximate surface area is 130 Å². The zero-order valence-electron chi connectivity index (χ0n) is 13.0. The molecule has 1 amide bonds. The van der Waals surface area contributed by atoms with Gasteiger partial charge in [-0.2, -0.15) is 0 Å². The number of rotatable bonds is 7. The molecule has 0 aliphatic rings. The maximum Gasteiger partial charge on any atom is 0.228 e. The molecule has 3 nitrogen and oxygen atoms in total. The van der Waals surface area contributed by atoms with Crippen molar-refractivity contribution in [2.75, 3.05) is 6.54 Å². The number of hydrogen-bond donors (Lipinski definition) is 1. The van der Waals surface area contributed by atoms with E-state index >= 15 is 0 Å². The van der Waals surface area contributed by atoms with E-state index in [0.29, 0.717) is 18.9 Å². The number of furan rings is 1. The van der Waals surface area contributed by atoms with Crippen molar-refractivity contribution >= 4 is 5.91 Å². The molecule has 118 valence electrons. The van der Waals surface area contributed by atoms with Gasteiger partial charge in [0.2, 0.25) is 5.91 Å². The molecule has 1 N–H and O–H groups in total. The Morgan fingerprint density at radius 3 is 2.55 bits per heavy atom. The molecule has 22 heavy (non-hydrogen) atoms. The Morgan fingerprint density at radius 2 is 1.95 bits per heavy atom. The van der Waals surface area contributed by atoms with Gasteiger partial charge < -0.3 is 9.73 Å². The lowest BCUT2D eigenvalue weighted by Gasteiger charge is -2.17. The predicted molar refractivity (Wildman–Crippen MR) is 84.0 cm³/mol. The average Bonchev–Trinajstić information content (AvgIpc) is 2.98. The van der Waals surface area contributed by atoms with Crippen molar-refractivity contribution in [3.8, 4) is 0 Å². The van der Waals surface area contributed by atoms with Gasteiger partial charge in [0.1, 0.15) is 11.6 Å². The van der Waals surface area contributed by atoms with E-state index in [4.69, 9.17) is 4.42 Å². The second-order valence-electron chi connectivity index (χ2n) is 5.86. The summed E-state index contributed by atoms with van der Waals surface area (Å²) in [7, 11) is 0. The summed E-state index contributed by atoms with van der Waals surface area (Å²) in [5, 5.41) is 2.97. The standard InChI is InChI=1S/C18H22FNO2/c1-13(2)9-10-20-18(21)17(12-16-4-3-11-22-16)14-5-7-15(19)8-6-14/h3-8,11,13,17H,9-10,12H2,1-2H3,(H,20,21). The lowest BCUT2D eigenvalue weighted by Crippen LogP contribution is -2.31. The van der Waals surface area contributed by atoms with Gasteiger partial charge in [-0.15, -0.1) is 0 Å². The number of carbonyl (C=O) groups is 1. The van der Waals surface area contributed by atoms with Crippen LogP contribution >= 0.6 is 0 Å². The van der Waals surface area contributed by atoms with Crippen LogP contribution in [0, 0.1) is 11.7 Å². The summed E-state index contributed by atoms with van der Waals surface area (Å²) in [6.07, 6.45) is 2.99. The lowest BCUT2D eigenvalue weighted by atomic mass is 9.93. The Kier molecular flexibility index (Phi) is 5.75. The summed E-state index contributed by atoms with van der Waals surface area (Å²) in [5.74, 6) is 0.547. The van der Waals surface area contributed by atoms with E-state index in [2.05, 4.69) is 19.2 Å². The topological polar surface area (TPSA) is 42.2 Å². The van der Waals surface area contributed by atoms with Crippen molar-refractivity contribution < 1.29 is 13.6 Å². The summed E-state index contributed by atoms with van der Waals surface area (Å²) < 4.78 is 18.4. The SMILES string of the molecule is CC(C)CCNC(=O)C(Cc1ccco1)c1ccc(F)cc1. The Morgan fingerprint density at radius 1 is 1.23 bits per heavy atom. The number of hydrogen-bond acceptors (Lipinski definition) is 2. The van der Waals surface area contributed by atoms with Crippen molar-refractivity contribution in [3.63, 3.8) is 0 Å². The van der Waals surface area contributed by atoms with E-state index in [9.17, 15) is 9.18 Å². The molecule has 0 aliphatic carbocycles. The monoisotopic (exact) mass is 303 g/mol. The van der Waals surface area contributed by atoms with E-state index in [1.807, 2.05) is 6.07 Å². The molecule has 0 radical (unpaired) electrons. The summed E-state index contributed by atoms with van der Waals surface area (Å²) in [4.78, 5) is 12.5. The minimum Gasteiger partial charge on any atom is -0.469 e. The molecule has 0 saturated heterocycles. The molecule has 4 heteroatoms. The number of carbonyl (C=O) groups excluding carboxylic acids is 1. The highest BCUT2D eigenvalue weighted by Gasteiger charge is 2.22. The lowest BCUT2D eigenvalue weighted by molar-refractivity contribution is -0.122. The first-order chi connectivity index (χ1) is 10.6. The Bertz CT molecular complexity index is 576. The fourth-order valence-electron chi connectivity index (χ4n) is 2.29. The molecule has 0 fully saturated rings. The van der Waals surface area contributed by atoms with Gasteiger partial charge in [0.25, 0.3) is 0 Å². The fourth-order valence-corrected chi connectivity index (χ4v) is 2.29. The van der Waals surface area contributed by atoms with E-state index in [0.717, 1.165) is 17.7 Å². The number of amides is 1. The minimum atomic E-state index is -0.376. The first-order valence-corrected chi connectivity index (χ1v) is 7.62. The zero-order valence-corrected chi connectivity index (χ0v) is 13.0. The highest BCUT2D eigenvalue weighted by Crippen LogP contribution is 2.22. The van der Waals surface area contributed by atoms with Gasteiger partial charge >= 0.3 is 0 Å². The van der Waals surface area contributed by atoms with Crippen LogP contribution in [-0.2, 0) is 11.2 Å². The quantitative estimate of drug-likeness (QED) is 0.842. The van der Waals surface area contributed by atoms with Crippen LogP contribution in [0.3, 0.4) is 0 Å². The molecule has 2 rings (SSSR count). The smallest absolute Gasteiger partial charge is 0.228 e. The van der Waals surface area contributed by atoms with Crippen LogP contribution < -0.4 is 5.32 Å². The van der Waals surface area contributed by atoms with Crippen molar-refractivity contribution in [2.45, 2.75) is 32.6 Å². The van der Waals surface area contributed by atoms with Crippen LogP contribution in [0.25, 0.3) is 0 Å². The van der Waals surface area contributed by atoms with Crippen LogP contribution in [0.15, 0.2) is 47.1 Å². The van der Waals surface area contributed by atoms with Gasteiger partial charge in [0.05, 0.1) is 12.2 Å². The molecule has 0 aliphatic heterocycles. The summed E-state index contributed by atoms with van der Waals surface area (Å²) in [6, 6.07) is 9.72. The second-order valence-corrected chi connectivity index (χ2v) is 5.86. The van der Waals surface area contributed by atoms with E-state index < -0.39 is 0 Å². The molecule has 0 spiro atoms. The molecule has 0 saturated carbocycles. The summed E-state index contributed by atoms with van der Waals surface area (Å²) >= 11 is 0. The van der Waals surface area contributed by atoms with Crippen LogP contribution in [-0.4, -0.2) is 12.5 Å². The van der Waals surface area contributed by atoms with Gasteiger partial charge in [0.15, 0.2) is 0 Å². The molecule has 0 bridgehead atoms. The maximum absolute atomic E-state index is 13.1. The third-order valence-electron chi connectivity index (χ3n) is 3.60. The molecule has 1 aromatic heterocycles. The normalized spacial score (nSPS) is 12.4. The molecular formula is C18H22FNO2. The highest BCUT2D eigenvalue weighted by atomic mass is 19.1. The summed E-state index contributed by atoms with van der Waals surface area (Å²) in [5.41, 5.74) is 0.792. The van der Waals surface area contributed by atoms with Crippen LogP contribution in [0.4, 0.5) is 4.39 Å². The molecule has 2 aromatic rings. The second kappa shape index (κ2) is 7.78. The van der Waals surface area contributed by atoms with Gasteiger partial charge in [-0.05, 0) is 42.2 Å². The first-order valence-electron chi connectivity index (χ1n) is 7.62. The van der Waals surface area contributed by atoms with E-state index in [-0.39, 0.29) is 17.6 Å². The highest BCUT2D eigenvalue weighted by molar-refractivity contribution is 5.83. The van der Waals surface area contributed by atoms with Crippen LogP contribution in [0.5, 0.6) is 0 Å². The fraction of sp³-hybridized carbons (Fsp3) is 0.389. The van der Waals surface area contributed by atoms with Crippen molar-refractivity contribution in [1.29, 1.82) is 0 Å². The molecular weight excluding hydrogens is 281 g/mol. The molecule has 1 unspecified atom stereocenters. The Balaban J connectivity index is 2.10. The molecule has 1 atom stereocenters. The average molecular weight is 303 g/mol. The molecule has 1 heterocycles. The zero-order chi connectivity index (χ0) is 15.9. The molecule has 1 aromatic carbocycles. The van der Waals surface area contributed by atoms with Crippen molar-refractivity contribution in [1.82, 2.24) is 5.32 Å². The van der Waals surface area contributed by atoms with Gasteiger partial charge in [-0.1, -0.05) is 26.0 Å². The van der Waals surface area contributed by atoms with Crippen molar-refractivity contribution in [3.05, 3.63) is 59.8 Å². The third kappa shape index (κ3) is 4.72. The third-order valence-corrected chi connectivity index (χ3v) is 3.60. The van der Waals surface area contributed by atoms with E-state index in [1.54, 1.807) is 24.5 Å². The number of nitrogens with one attached hydrogen (secondary N) is 1. The number of benzene rings is 1. The number of halogens is 1. The predicted octanol–water partition coefficient (Wildman–Crippen LogP) is 3.91. The van der Waals surface area contributed by atoms with Gasteiger partial charge in [-0.25, -0.2) is 4.39 Å². The van der Waals surface area contributed by atoms with Gasteiger partial charge in [0, 0.05) is 13.0 Å². The summed E-state index contributed by atoms with van der Waals surface area (Å²) in [6.45, 7) is 4.88. The van der Waals surface area contributed by atoms with Crippen LogP contribution in [0.2, 0.25) is 0 Å². The largest absolute Gasteiger partial charge is 0.469 e. The van der Waals surface area contributed by atoms with Crippen molar-refractivity contribution in [2.24, 2.45) is 5.92 Å². The van der Waals surface area contributed by atoms with Gasteiger partial charge in [-0.3, -0.25) is 4.79 Å². The van der Waals surface area contributed by atoms with E-state index in [1.165, 1.54) is 12.1 Å².